The zero-order valence-corrected chi connectivity index (χ0v) is 18.4. The molecule has 0 fully saturated rings. The van der Waals surface area contributed by atoms with Crippen molar-refractivity contribution in [3.05, 3.63) is 95.6 Å². The standard InChI is InChI=1S/C24H22F3NO4S/c25-24(26,27)33(29,30)32-22-13-7-12-21-20(22)14-15-23(31-21)28(16-18-8-3-1-4-9-18)17-19-10-5-2-6-11-19/h1-13,23H,14-17H2. The lowest BCUT2D eigenvalue weighted by Crippen LogP contribution is -2.41. The SMILES string of the molecule is O=S(=O)(Oc1cccc2c1CCC(N(Cc1ccccc1)Cc1ccccc1)O2)C(F)(F)F. The van der Waals surface area contributed by atoms with Crippen LogP contribution in [0.2, 0.25) is 0 Å². The first kappa shape index (κ1) is 23.1. The van der Waals surface area contributed by atoms with Crippen molar-refractivity contribution in [1.29, 1.82) is 0 Å². The van der Waals surface area contributed by atoms with E-state index in [4.69, 9.17) is 4.74 Å². The predicted octanol–water partition coefficient (Wildman–Crippen LogP) is 5.27. The molecule has 0 saturated carbocycles. The van der Waals surface area contributed by atoms with E-state index in [1.165, 1.54) is 12.1 Å². The zero-order chi connectivity index (χ0) is 23.5. The molecule has 174 valence electrons. The Hall–Kier alpha value is -3.04. The lowest BCUT2D eigenvalue weighted by Gasteiger charge is -2.36. The second-order valence-electron chi connectivity index (χ2n) is 7.70. The number of nitrogens with zero attached hydrogens (tertiary/aromatic N) is 1. The smallest absolute Gasteiger partial charge is 0.475 e. The summed E-state index contributed by atoms with van der Waals surface area (Å²) in [5.41, 5.74) is -3.01. The largest absolute Gasteiger partial charge is 0.534 e. The normalized spacial score (nSPS) is 16.2. The number of halogens is 3. The third-order valence-corrected chi connectivity index (χ3v) is 6.31. The summed E-state index contributed by atoms with van der Waals surface area (Å²) in [6, 6.07) is 24.0. The quantitative estimate of drug-likeness (QED) is 0.343. The van der Waals surface area contributed by atoms with E-state index in [2.05, 4.69) is 9.08 Å². The molecule has 1 aliphatic heterocycles. The van der Waals surface area contributed by atoms with E-state index in [9.17, 15) is 21.6 Å². The first-order valence-corrected chi connectivity index (χ1v) is 11.7. The van der Waals surface area contributed by atoms with Gasteiger partial charge in [-0.25, -0.2) is 0 Å². The van der Waals surface area contributed by atoms with Crippen molar-refractivity contribution in [2.24, 2.45) is 0 Å². The Balaban J connectivity index is 1.58. The van der Waals surface area contributed by atoms with E-state index in [0.717, 1.165) is 11.1 Å². The minimum atomic E-state index is -5.76. The van der Waals surface area contributed by atoms with E-state index >= 15 is 0 Å². The summed E-state index contributed by atoms with van der Waals surface area (Å²) in [6.45, 7) is 1.21. The van der Waals surface area contributed by atoms with Gasteiger partial charge in [0.25, 0.3) is 0 Å². The first-order valence-electron chi connectivity index (χ1n) is 10.3. The second-order valence-corrected chi connectivity index (χ2v) is 9.24. The van der Waals surface area contributed by atoms with Gasteiger partial charge in [-0.15, -0.1) is 0 Å². The molecular formula is C24H22F3NO4S. The van der Waals surface area contributed by atoms with Gasteiger partial charge in [-0.1, -0.05) is 66.7 Å². The Morgan fingerprint density at radius 3 is 2.00 bits per heavy atom. The summed E-state index contributed by atoms with van der Waals surface area (Å²) in [7, 11) is -5.76. The van der Waals surface area contributed by atoms with Gasteiger partial charge in [0.1, 0.15) is 11.5 Å². The molecule has 0 spiro atoms. The Morgan fingerprint density at radius 1 is 0.879 bits per heavy atom. The highest BCUT2D eigenvalue weighted by atomic mass is 32.2. The summed E-state index contributed by atoms with van der Waals surface area (Å²) < 4.78 is 71.9. The Morgan fingerprint density at radius 2 is 1.45 bits per heavy atom. The maximum absolute atomic E-state index is 12.8. The Bertz CT molecular complexity index is 1140. The van der Waals surface area contributed by atoms with Gasteiger partial charge in [-0.05, 0) is 29.7 Å². The summed E-state index contributed by atoms with van der Waals surface area (Å²) in [5, 5.41) is 0. The van der Waals surface area contributed by atoms with E-state index in [1.807, 2.05) is 60.7 Å². The molecule has 33 heavy (non-hydrogen) atoms. The number of ether oxygens (including phenoxy) is 1. The van der Waals surface area contributed by atoms with Crippen molar-refractivity contribution in [3.63, 3.8) is 0 Å². The Kier molecular flexibility index (Phi) is 6.62. The van der Waals surface area contributed by atoms with Crippen molar-refractivity contribution >= 4 is 10.1 Å². The van der Waals surface area contributed by atoms with Crippen molar-refractivity contribution in [2.45, 2.75) is 37.7 Å². The molecule has 0 bridgehead atoms. The molecule has 1 atom stereocenters. The predicted molar refractivity (Wildman–Crippen MR) is 117 cm³/mol. The molecule has 0 aromatic heterocycles. The third kappa shape index (κ3) is 5.48. The van der Waals surface area contributed by atoms with Crippen LogP contribution < -0.4 is 8.92 Å². The lowest BCUT2D eigenvalue weighted by atomic mass is 10.0. The van der Waals surface area contributed by atoms with E-state index in [0.29, 0.717) is 37.2 Å². The maximum Gasteiger partial charge on any atom is 0.534 e. The van der Waals surface area contributed by atoms with Gasteiger partial charge in [-0.2, -0.15) is 21.6 Å². The molecule has 1 heterocycles. The highest BCUT2D eigenvalue weighted by molar-refractivity contribution is 7.88. The van der Waals surface area contributed by atoms with Crippen LogP contribution in [0.1, 0.15) is 23.1 Å². The molecule has 1 unspecified atom stereocenters. The van der Waals surface area contributed by atoms with Crippen LogP contribution in [0.15, 0.2) is 78.9 Å². The molecule has 3 aromatic rings. The lowest BCUT2D eigenvalue weighted by molar-refractivity contribution is -0.0501. The minimum Gasteiger partial charge on any atom is -0.475 e. The Labute approximate surface area is 190 Å². The van der Waals surface area contributed by atoms with Crippen LogP contribution in [0.4, 0.5) is 13.2 Å². The van der Waals surface area contributed by atoms with Crippen LogP contribution >= 0.6 is 0 Å². The van der Waals surface area contributed by atoms with E-state index in [1.54, 1.807) is 6.07 Å². The summed E-state index contributed by atoms with van der Waals surface area (Å²) in [5.74, 6) is -0.0480. The topological polar surface area (TPSA) is 55.8 Å². The molecule has 0 radical (unpaired) electrons. The highest BCUT2D eigenvalue weighted by Crippen LogP contribution is 2.38. The molecule has 5 nitrogen and oxygen atoms in total. The molecule has 0 saturated heterocycles. The van der Waals surface area contributed by atoms with Crippen LogP contribution in [-0.2, 0) is 29.6 Å². The number of alkyl halides is 3. The number of hydrogen-bond acceptors (Lipinski definition) is 5. The molecule has 0 N–H and O–H groups in total. The first-order chi connectivity index (χ1) is 15.7. The average molecular weight is 478 g/mol. The third-order valence-electron chi connectivity index (χ3n) is 5.34. The number of hydrogen-bond donors (Lipinski definition) is 0. The van der Waals surface area contributed by atoms with Crippen molar-refractivity contribution in [2.75, 3.05) is 0 Å². The van der Waals surface area contributed by atoms with E-state index in [-0.39, 0.29) is 12.0 Å². The van der Waals surface area contributed by atoms with Gasteiger partial charge >= 0.3 is 15.6 Å². The fraction of sp³-hybridized carbons (Fsp3) is 0.250. The zero-order valence-electron chi connectivity index (χ0n) is 17.5. The van der Waals surface area contributed by atoms with Crippen molar-refractivity contribution in [1.82, 2.24) is 4.90 Å². The van der Waals surface area contributed by atoms with Gasteiger partial charge in [0, 0.05) is 25.1 Å². The van der Waals surface area contributed by atoms with Crippen LogP contribution in [0.3, 0.4) is 0 Å². The fourth-order valence-corrected chi connectivity index (χ4v) is 4.26. The van der Waals surface area contributed by atoms with E-state index < -0.39 is 15.6 Å². The van der Waals surface area contributed by atoms with Gasteiger partial charge in [-0.3, -0.25) is 4.90 Å². The highest BCUT2D eigenvalue weighted by Gasteiger charge is 2.49. The summed E-state index contributed by atoms with van der Waals surface area (Å²) >= 11 is 0. The molecule has 9 heteroatoms. The average Bonchev–Trinajstić information content (AvgIpc) is 2.79. The van der Waals surface area contributed by atoms with Crippen LogP contribution in [0, 0.1) is 0 Å². The second kappa shape index (κ2) is 9.44. The van der Waals surface area contributed by atoms with Crippen molar-refractivity contribution < 1.29 is 30.5 Å². The molecule has 4 rings (SSSR count). The minimum absolute atomic E-state index is 0.306. The molecule has 1 aliphatic rings. The summed E-state index contributed by atoms with van der Waals surface area (Å²) in [6.07, 6.45) is 0.412. The monoisotopic (exact) mass is 477 g/mol. The van der Waals surface area contributed by atoms with Crippen molar-refractivity contribution in [3.8, 4) is 11.5 Å². The number of fused-ring (bicyclic) bond motifs is 1. The molecule has 3 aromatic carbocycles. The molecule has 0 aliphatic carbocycles. The van der Waals surface area contributed by atoms with Gasteiger partial charge in [0.2, 0.25) is 0 Å². The molecular weight excluding hydrogens is 455 g/mol. The maximum atomic E-state index is 12.8. The van der Waals surface area contributed by atoms with Gasteiger partial charge < -0.3 is 8.92 Å². The van der Waals surface area contributed by atoms with Crippen LogP contribution in [-0.4, -0.2) is 25.1 Å². The van der Waals surface area contributed by atoms with Gasteiger partial charge in [0.15, 0.2) is 6.23 Å². The number of rotatable bonds is 7. The molecule has 0 amide bonds. The van der Waals surface area contributed by atoms with Gasteiger partial charge in [0.05, 0.1) is 0 Å². The van der Waals surface area contributed by atoms with Crippen LogP contribution in [0.5, 0.6) is 11.5 Å². The number of benzene rings is 3. The summed E-state index contributed by atoms with van der Waals surface area (Å²) in [4.78, 5) is 2.15. The fourth-order valence-electron chi connectivity index (χ4n) is 3.77. The van der Waals surface area contributed by atoms with Crippen LogP contribution in [0.25, 0.3) is 0 Å².